The Balaban J connectivity index is 1.52. The zero-order valence-electron chi connectivity index (χ0n) is 15.4. The van der Waals surface area contributed by atoms with E-state index < -0.39 is 0 Å². The van der Waals surface area contributed by atoms with Crippen LogP contribution < -0.4 is 15.4 Å². The SMILES string of the molecule is COc1ccc(-c2csc(NC(=O)CSc3ccc(NC(C)=O)cc3)n2)cc1. The number of thiazole rings is 1. The Labute approximate surface area is 171 Å². The van der Waals surface area contributed by atoms with Gasteiger partial charge in [-0.3, -0.25) is 9.59 Å². The number of rotatable bonds is 7. The van der Waals surface area contributed by atoms with Gasteiger partial charge in [0.05, 0.1) is 18.6 Å². The van der Waals surface area contributed by atoms with E-state index in [1.54, 1.807) is 7.11 Å². The molecule has 0 aliphatic heterocycles. The molecule has 2 N–H and O–H groups in total. The van der Waals surface area contributed by atoms with Crippen LogP contribution in [0, 0.1) is 0 Å². The number of hydrogen-bond acceptors (Lipinski definition) is 6. The van der Waals surface area contributed by atoms with Crippen molar-refractivity contribution in [3.8, 4) is 17.0 Å². The molecule has 6 nitrogen and oxygen atoms in total. The van der Waals surface area contributed by atoms with Gasteiger partial charge >= 0.3 is 0 Å². The van der Waals surface area contributed by atoms with E-state index in [0.29, 0.717) is 5.13 Å². The van der Waals surface area contributed by atoms with Crippen LogP contribution in [0.1, 0.15) is 6.92 Å². The van der Waals surface area contributed by atoms with Crippen molar-refractivity contribution in [3.63, 3.8) is 0 Å². The molecule has 0 bridgehead atoms. The second-order valence-electron chi connectivity index (χ2n) is 5.81. The molecule has 144 valence electrons. The van der Waals surface area contributed by atoms with E-state index in [-0.39, 0.29) is 17.6 Å². The molecule has 0 fully saturated rings. The Hall–Kier alpha value is -2.84. The number of nitrogens with zero attached hydrogens (tertiary/aromatic N) is 1. The smallest absolute Gasteiger partial charge is 0.236 e. The summed E-state index contributed by atoms with van der Waals surface area (Å²) in [5.41, 5.74) is 2.51. The minimum Gasteiger partial charge on any atom is -0.497 e. The highest BCUT2D eigenvalue weighted by Crippen LogP contribution is 2.27. The largest absolute Gasteiger partial charge is 0.497 e. The van der Waals surface area contributed by atoms with Crippen LogP contribution in [0.5, 0.6) is 5.75 Å². The van der Waals surface area contributed by atoms with Crippen molar-refractivity contribution in [2.24, 2.45) is 0 Å². The van der Waals surface area contributed by atoms with E-state index in [1.807, 2.05) is 53.9 Å². The first-order valence-electron chi connectivity index (χ1n) is 8.44. The van der Waals surface area contributed by atoms with E-state index in [2.05, 4.69) is 15.6 Å². The van der Waals surface area contributed by atoms with Crippen molar-refractivity contribution in [2.45, 2.75) is 11.8 Å². The predicted octanol–water partition coefficient (Wildman–Crippen LogP) is 4.51. The normalized spacial score (nSPS) is 10.4. The number of carbonyl (C=O) groups is 2. The van der Waals surface area contributed by atoms with Gasteiger partial charge in [0.1, 0.15) is 5.75 Å². The van der Waals surface area contributed by atoms with Gasteiger partial charge in [-0.1, -0.05) is 0 Å². The molecule has 0 aliphatic carbocycles. The Morgan fingerprint density at radius 3 is 2.43 bits per heavy atom. The molecule has 1 heterocycles. The monoisotopic (exact) mass is 413 g/mol. The average Bonchev–Trinajstić information content (AvgIpc) is 3.15. The van der Waals surface area contributed by atoms with Gasteiger partial charge in [-0.15, -0.1) is 23.1 Å². The molecule has 1 aromatic heterocycles. The summed E-state index contributed by atoms with van der Waals surface area (Å²) in [6.45, 7) is 1.46. The van der Waals surface area contributed by atoms with Gasteiger partial charge < -0.3 is 15.4 Å². The molecule has 3 rings (SSSR count). The quantitative estimate of drug-likeness (QED) is 0.557. The van der Waals surface area contributed by atoms with Crippen LogP contribution >= 0.6 is 23.1 Å². The highest BCUT2D eigenvalue weighted by Gasteiger charge is 2.09. The van der Waals surface area contributed by atoms with Gasteiger partial charge in [0, 0.05) is 28.5 Å². The summed E-state index contributed by atoms with van der Waals surface area (Å²) in [5.74, 6) is 0.829. The molecule has 0 spiro atoms. The molecule has 3 aromatic rings. The molecule has 0 atom stereocenters. The lowest BCUT2D eigenvalue weighted by atomic mass is 10.2. The number of amides is 2. The number of anilines is 2. The van der Waals surface area contributed by atoms with Crippen molar-refractivity contribution < 1.29 is 14.3 Å². The molecule has 0 saturated carbocycles. The maximum atomic E-state index is 12.2. The van der Waals surface area contributed by atoms with Crippen LogP contribution in [0.4, 0.5) is 10.8 Å². The molecule has 0 radical (unpaired) electrons. The van der Waals surface area contributed by atoms with Gasteiger partial charge in [-0.25, -0.2) is 4.98 Å². The van der Waals surface area contributed by atoms with Crippen molar-refractivity contribution in [3.05, 3.63) is 53.9 Å². The Morgan fingerprint density at radius 2 is 1.79 bits per heavy atom. The molecule has 0 unspecified atom stereocenters. The van der Waals surface area contributed by atoms with Gasteiger partial charge in [-0.05, 0) is 48.5 Å². The topological polar surface area (TPSA) is 80.3 Å². The Bertz CT molecular complexity index is 954. The summed E-state index contributed by atoms with van der Waals surface area (Å²) in [6, 6.07) is 15.0. The third-order valence-corrected chi connectivity index (χ3v) is 5.45. The molecule has 8 heteroatoms. The van der Waals surface area contributed by atoms with Crippen molar-refractivity contribution in [1.82, 2.24) is 4.98 Å². The zero-order valence-corrected chi connectivity index (χ0v) is 17.0. The molecular formula is C20H19N3O3S2. The lowest BCUT2D eigenvalue weighted by Crippen LogP contribution is -2.13. The van der Waals surface area contributed by atoms with Gasteiger partial charge in [0.15, 0.2) is 5.13 Å². The third-order valence-electron chi connectivity index (χ3n) is 3.68. The summed E-state index contributed by atoms with van der Waals surface area (Å²) in [6.07, 6.45) is 0. The first-order valence-corrected chi connectivity index (χ1v) is 10.3. The van der Waals surface area contributed by atoms with Gasteiger partial charge in [0.25, 0.3) is 0 Å². The molecule has 28 heavy (non-hydrogen) atoms. The highest BCUT2D eigenvalue weighted by atomic mass is 32.2. The van der Waals surface area contributed by atoms with Crippen molar-refractivity contribution in [2.75, 3.05) is 23.5 Å². The Kier molecular flexibility index (Phi) is 6.67. The van der Waals surface area contributed by atoms with Crippen LogP contribution in [-0.2, 0) is 9.59 Å². The third kappa shape index (κ3) is 5.58. The molecular weight excluding hydrogens is 394 g/mol. The number of ether oxygens (including phenoxy) is 1. The minimum atomic E-state index is -0.119. The zero-order chi connectivity index (χ0) is 19.9. The lowest BCUT2D eigenvalue weighted by Gasteiger charge is -2.05. The van der Waals surface area contributed by atoms with Crippen LogP contribution in [0.2, 0.25) is 0 Å². The second kappa shape index (κ2) is 9.38. The number of nitrogens with one attached hydrogen (secondary N) is 2. The summed E-state index contributed by atoms with van der Waals surface area (Å²) in [7, 11) is 1.63. The van der Waals surface area contributed by atoms with Crippen LogP contribution in [0.3, 0.4) is 0 Å². The number of hydrogen-bond donors (Lipinski definition) is 2. The highest BCUT2D eigenvalue weighted by molar-refractivity contribution is 8.00. The fourth-order valence-corrected chi connectivity index (χ4v) is 3.80. The fourth-order valence-electron chi connectivity index (χ4n) is 2.37. The number of thioether (sulfide) groups is 1. The lowest BCUT2D eigenvalue weighted by molar-refractivity contribution is -0.114. The van der Waals surface area contributed by atoms with Crippen LogP contribution in [-0.4, -0.2) is 29.7 Å². The fraction of sp³-hybridized carbons (Fsp3) is 0.150. The summed E-state index contributed by atoms with van der Waals surface area (Å²) in [4.78, 5) is 28.6. The maximum Gasteiger partial charge on any atom is 0.236 e. The summed E-state index contributed by atoms with van der Waals surface area (Å²) in [5, 5.41) is 8.01. The van der Waals surface area contributed by atoms with Crippen LogP contribution in [0.15, 0.2) is 58.8 Å². The van der Waals surface area contributed by atoms with E-state index in [9.17, 15) is 9.59 Å². The Morgan fingerprint density at radius 1 is 1.07 bits per heavy atom. The second-order valence-corrected chi connectivity index (χ2v) is 7.72. The van der Waals surface area contributed by atoms with E-state index in [0.717, 1.165) is 27.6 Å². The summed E-state index contributed by atoms with van der Waals surface area (Å²) < 4.78 is 5.15. The number of carbonyl (C=O) groups excluding carboxylic acids is 2. The van der Waals surface area contributed by atoms with E-state index in [4.69, 9.17) is 4.74 Å². The number of aromatic nitrogens is 1. The molecule has 2 aromatic carbocycles. The summed E-state index contributed by atoms with van der Waals surface area (Å²) >= 11 is 2.81. The first kappa shape index (κ1) is 19.9. The van der Waals surface area contributed by atoms with Gasteiger partial charge in [0.2, 0.25) is 11.8 Å². The average molecular weight is 414 g/mol. The number of benzene rings is 2. The van der Waals surface area contributed by atoms with E-state index >= 15 is 0 Å². The minimum absolute atomic E-state index is 0.114. The van der Waals surface area contributed by atoms with E-state index in [1.165, 1.54) is 30.0 Å². The van der Waals surface area contributed by atoms with Crippen molar-refractivity contribution >= 4 is 45.7 Å². The van der Waals surface area contributed by atoms with Crippen molar-refractivity contribution in [1.29, 1.82) is 0 Å². The van der Waals surface area contributed by atoms with Gasteiger partial charge in [-0.2, -0.15) is 0 Å². The first-order chi connectivity index (χ1) is 13.5. The molecule has 0 aliphatic rings. The van der Waals surface area contributed by atoms with Crippen LogP contribution in [0.25, 0.3) is 11.3 Å². The molecule has 0 saturated heterocycles. The standard InChI is InChI=1S/C20H19N3O3S2/c1-13(24)21-15-5-9-17(10-6-15)27-12-19(25)23-20-22-18(11-28-20)14-3-7-16(26-2)8-4-14/h3-11H,12H2,1-2H3,(H,21,24)(H,22,23,25). The molecule has 2 amide bonds. The predicted molar refractivity (Wildman–Crippen MR) is 114 cm³/mol. The number of methoxy groups -OCH3 is 1. The maximum absolute atomic E-state index is 12.2.